The summed E-state index contributed by atoms with van der Waals surface area (Å²) in [6, 6.07) is 20.0. The van der Waals surface area contributed by atoms with Crippen LogP contribution in [-0.4, -0.2) is 22.2 Å². The summed E-state index contributed by atoms with van der Waals surface area (Å²) in [5.41, 5.74) is 3.20. The molecule has 4 heteroatoms. The lowest BCUT2D eigenvalue weighted by Crippen LogP contribution is -2.35. The molecule has 122 valence electrons. The Kier molecular flexibility index (Phi) is 5.06. The number of carbonyl (C=O) groups excluding carboxylic acids is 1. The van der Waals surface area contributed by atoms with Crippen LogP contribution in [0.4, 0.5) is 5.69 Å². The van der Waals surface area contributed by atoms with Gasteiger partial charge in [-0.25, -0.2) is 0 Å². The van der Waals surface area contributed by atoms with Gasteiger partial charge in [-0.2, -0.15) is 5.10 Å². The van der Waals surface area contributed by atoms with E-state index in [1.165, 1.54) is 5.56 Å². The van der Waals surface area contributed by atoms with E-state index in [0.717, 1.165) is 17.7 Å². The normalized spacial score (nSPS) is 10.5. The van der Waals surface area contributed by atoms with Crippen molar-refractivity contribution in [2.24, 2.45) is 0 Å². The average Bonchev–Trinajstić information content (AvgIpc) is 3.02. The molecule has 4 nitrogen and oxygen atoms in total. The largest absolute Gasteiger partial charge is 0.310 e. The molecule has 0 N–H and O–H groups in total. The van der Waals surface area contributed by atoms with Gasteiger partial charge in [0.15, 0.2) is 0 Å². The fraction of sp³-hybridized carbons (Fsp3) is 0.200. The van der Waals surface area contributed by atoms with Crippen molar-refractivity contribution in [3.8, 4) is 0 Å². The molecule has 2 aromatic carbocycles. The predicted molar refractivity (Wildman–Crippen MR) is 95.9 cm³/mol. The standard InChI is InChI=1S/C20H21N3O/c1-17-14-21-22(15-17)16-20(24)23(19-10-6-3-7-11-19)13-12-18-8-4-2-5-9-18/h2-11,14-15H,12-13,16H2,1H3. The minimum absolute atomic E-state index is 0.0419. The van der Waals surface area contributed by atoms with Gasteiger partial charge >= 0.3 is 0 Å². The van der Waals surface area contributed by atoms with E-state index in [2.05, 4.69) is 17.2 Å². The first-order valence-corrected chi connectivity index (χ1v) is 8.11. The zero-order valence-corrected chi connectivity index (χ0v) is 13.8. The van der Waals surface area contributed by atoms with Crippen LogP contribution in [0.25, 0.3) is 0 Å². The number of nitrogens with zero attached hydrogens (tertiary/aromatic N) is 3. The molecule has 0 saturated heterocycles. The van der Waals surface area contributed by atoms with Crippen molar-refractivity contribution in [2.45, 2.75) is 19.9 Å². The Bertz CT molecular complexity index is 781. The summed E-state index contributed by atoms with van der Waals surface area (Å²) in [6.07, 6.45) is 4.47. The third kappa shape index (κ3) is 4.10. The van der Waals surface area contributed by atoms with Crippen molar-refractivity contribution in [1.82, 2.24) is 9.78 Å². The van der Waals surface area contributed by atoms with Gasteiger partial charge in [0.2, 0.25) is 5.91 Å². The molecule has 3 aromatic rings. The van der Waals surface area contributed by atoms with E-state index in [9.17, 15) is 4.79 Å². The number of carbonyl (C=O) groups is 1. The van der Waals surface area contributed by atoms with Crippen molar-refractivity contribution in [3.05, 3.63) is 84.2 Å². The van der Waals surface area contributed by atoms with Crippen LogP contribution < -0.4 is 4.90 Å². The second kappa shape index (κ2) is 7.59. The van der Waals surface area contributed by atoms with Gasteiger partial charge in [-0.05, 0) is 36.6 Å². The maximum Gasteiger partial charge on any atom is 0.248 e. The number of anilines is 1. The third-order valence-corrected chi connectivity index (χ3v) is 3.90. The molecule has 0 unspecified atom stereocenters. The molecule has 0 bridgehead atoms. The van der Waals surface area contributed by atoms with Gasteiger partial charge < -0.3 is 4.90 Å². The first kappa shape index (κ1) is 16.0. The van der Waals surface area contributed by atoms with Crippen LogP contribution in [0.5, 0.6) is 0 Å². The van der Waals surface area contributed by atoms with Crippen LogP contribution in [0.2, 0.25) is 0 Å². The van der Waals surface area contributed by atoms with Crippen LogP contribution >= 0.6 is 0 Å². The lowest BCUT2D eigenvalue weighted by molar-refractivity contribution is -0.119. The predicted octanol–water partition coefficient (Wildman–Crippen LogP) is 3.47. The van der Waals surface area contributed by atoms with Gasteiger partial charge in [-0.1, -0.05) is 48.5 Å². The topological polar surface area (TPSA) is 38.1 Å². The molecule has 0 aliphatic heterocycles. The van der Waals surface area contributed by atoms with Gasteiger partial charge in [0.25, 0.3) is 0 Å². The van der Waals surface area contributed by atoms with Crippen molar-refractivity contribution < 1.29 is 4.79 Å². The molecule has 0 fully saturated rings. The minimum Gasteiger partial charge on any atom is -0.310 e. The van der Waals surface area contributed by atoms with E-state index in [0.29, 0.717) is 6.54 Å². The zero-order valence-electron chi connectivity index (χ0n) is 13.8. The average molecular weight is 319 g/mol. The summed E-state index contributed by atoms with van der Waals surface area (Å²) in [6.45, 7) is 2.86. The van der Waals surface area contributed by atoms with Crippen molar-refractivity contribution in [3.63, 3.8) is 0 Å². The van der Waals surface area contributed by atoms with Crippen LogP contribution in [0, 0.1) is 6.92 Å². The van der Waals surface area contributed by atoms with Crippen molar-refractivity contribution >= 4 is 11.6 Å². The van der Waals surface area contributed by atoms with E-state index in [1.807, 2.05) is 66.6 Å². The summed E-state index contributed by atoms with van der Waals surface area (Å²) >= 11 is 0. The third-order valence-electron chi connectivity index (χ3n) is 3.90. The fourth-order valence-electron chi connectivity index (χ4n) is 2.67. The molecule has 0 spiro atoms. The molecular weight excluding hydrogens is 298 g/mol. The Morgan fingerprint density at radius 1 is 1.04 bits per heavy atom. The first-order valence-electron chi connectivity index (χ1n) is 8.11. The van der Waals surface area contributed by atoms with Crippen molar-refractivity contribution in [2.75, 3.05) is 11.4 Å². The Balaban J connectivity index is 1.75. The van der Waals surface area contributed by atoms with Crippen molar-refractivity contribution in [1.29, 1.82) is 0 Å². The molecule has 0 saturated carbocycles. The van der Waals surface area contributed by atoms with Gasteiger partial charge in [0.05, 0.1) is 6.20 Å². The number of para-hydroxylation sites is 1. The quantitative estimate of drug-likeness (QED) is 0.698. The SMILES string of the molecule is Cc1cnn(CC(=O)N(CCc2ccccc2)c2ccccc2)c1. The number of rotatable bonds is 6. The number of aromatic nitrogens is 2. The maximum atomic E-state index is 12.8. The molecule has 1 heterocycles. The van der Waals surface area contributed by atoms with Crippen LogP contribution in [0.15, 0.2) is 73.1 Å². The van der Waals surface area contributed by atoms with Gasteiger partial charge in [0.1, 0.15) is 6.54 Å². The Morgan fingerprint density at radius 2 is 1.71 bits per heavy atom. The smallest absolute Gasteiger partial charge is 0.248 e. The van der Waals surface area contributed by atoms with Crippen LogP contribution in [0.1, 0.15) is 11.1 Å². The Morgan fingerprint density at radius 3 is 2.33 bits per heavy atom. The first-order chi connectivity index (χ1) is 11.7. The molecule has 24 heavy (non-hydrogen) atoms. The Labute approximate surface area is 142 Å². The monoisotopic (exact) mass is 319 g/mol. The molecule has 0 radical (unpaired) electrons. The molecule has 0 aliphatic rings. The lowest BCUT2D eigenvalue weighted by atomic mass is 10.1. The second-order valence-corrected chi connectivity index (χ2v) is 5.83. The number of amides is 1. The Hall–Kier alpha value is -2.88. The molecule has 0 atom stereocenters. The lowest BCUT2D eigenvalue weighted by Gasteiger charge is -2.23. The van der Waals surface area contributed by atoms with E-state index >= 15 is 0 Å². The number of hydrogen-bond donors (Lipinski definition) is 0. The number of aryl methyl sites for hydroxylation is 1. The number of benzene rings is 2. The maximum absolute atomic E-state index is 12.8. The van der Waals surface area contributed by atoms with Gasteiger partial charge in [0, 0.05) is 18.4 Å². The summed E-state index contributed by atoms with van der Waals surface area (Å²) < 4.78 is 1.69. The molecule has 1 aromatic heterocycles. The molecule has 0 aliphatic carbocycles. The number of hydrogen-bond acceptors (Lipinski definition) is 2. The van der Waals surface area contributed by atoms with Crippen LogP contribution in [-0.2, 0) is 17.8 Å². The highest BCUT2D eigenvalue weighted by Gasteiger charge is 2.16. The molecule has 3 rings (SSSR count). The van der Waals surface area contributed by atoms with Gasteiger partial charge in [-0.15, -0.1) is 0 Å². The van der Waals surface area contributed by atoms with Gasteiger partial charge in [-0.3, -0.25) is 9.48 Å². The highest BCUT2D eigenvalue weighted by molar-refractivity contribution is 5.93. The zero-order chi connectivity index (χ0) is 16.8. The highest BCUT2D eigenvalue weighted by atomic mass is 16.2. The van der Waals surface area contributed by atoms with E-state index in [-0.39, 0.29) is 12.5 Å². The summed E-state index contributed by atoms with van der Waals surface area (Å²) in [4.78, 5) is 14.6. The van der Waals surface area contributed by atoms with E-state index < -0.39 is 0 Å². The molecule has 1 amide bonds. The summed E-state index contributed by atoms with van der Waals surface area (Å²) in [5.74, 6) is 0.0419. The van der Waals surface area contributed by atoms with E-state index in [1.54, 1.807) is 10.9 Å². The summed E-state index contributed by atoms with van der Waals surface area (Å²) in [5, 5.41) is 4.22. The van der Waals surface area contributed by atoms with E-state index in [4.69, 9.17) is 0 Å². The minimum atomic E-state index is 0.0419. The second-order valence-electron chi connectivity index (χ2n) is 5.83. The van der Waals surface area contributed by atoms with Crippen LogP contribution in [0.3, 0.4) is 0 Å². The molecular formula is C20H21N3O. The fourth-order valence-corrected chi connectivity index (χ4v) is 2.67. The summed E-state index contributed by atoms with van der Waals surface area (Å²) in [7, 11) is 0. The highest BCUT2D eigenvalue weighted by Crippen LogP contribution is 2.15.